The molecule has 180 valence electrons. The lowest BCUT2D eigenvalue weighted by molar-refractivity contribution is 0.0950. The Morgan fingerprint density at radius 1 is 1.00 bits per heavy atom. The van der Waals surface area contributed by atoms with E-state index >= 15 is 0 Å². The molecule has 0 aliphatic carbocycles. The number of hydrogen-bond acceptors (Lipinski definition) is 7. The number of ether oxygens (including phenoxy) is 3. The van der Waals surface area contributed by atoms with Crippen LogP contribution in [0.2, 0.25) is 0 Å². The summed E-state index contributed by atoms with van der Waals surface area (Å²) in [7, 11) is 0. The number of aromatic nitrogens is 2. The molecular weight excluding hydrogens is 446 g/mol. The maximum atomic E-state index is 12.7. The minimum absolute atomic E-state index is 0.209. The Morgan fingerprint density at radius 2 is 1.83 bits per heavy atom. The first-order valence-corrected chi connectivity index (χ1v) is 11.3. The number of carbonyl (C=O) groups excluding carboxylic acids is 1. The van der Waals surface area contributed by atoms with Gasteiger partial charge in [0.25, 0.3) is 5.91 Å². The molecule has 4 aromatic rings. The predicted octanol–water partition coefficient (Wildman–Crippen LogP) is 5.39. The second kappa shape index (κ2) is 11.2. The van der Waals surface area contributed by atoms with Crippen LogP contribution in [0.15, 0.2) is 71.4 Å². The van der Waals surface area contributed by atoms with Gasteiger partial charge in [-0.1, -0.05) is 29.4 Å². The zero-order chi connectivity index (χ0) is 24.6. The van der Waals surface area contributed by atoms with Crippen LogP contribution in [-0.2, 0) is 13.2 Å². The molecule has 0 saturated heterocycles. The number of para-hydroxylation sites is 2. The van der Waals surface area contributed by atoms with E-state index in [4.69, 9.17) is 18.7 Å². The lowest BCUT2D eigenvalue weighted by Crippen LogP contribution is -2.22. The minimum Gasteiger partial charge on any atom is -0.490 e. The summed E-state index contributed by atoms with van der Waals surface area (Å²) in [6, 6.07) is 18.1. The van der Waals surface area contributed by atoms with E-state index in [2.05, 4.69) is 15.5 Å². The van der Waals surface area contributed by atoms with Gasteiger partial charge in [0, 0.05) is 24.4 Å². The third kappa shape index (κ3) is 6.17. The van der Waals surface area contributed by atoms with E-state index in [0.29, 0.717) is 48.5 Å². The SMILES string of the molecule is CCOc1ccccc1Oc1ccc(CNC(=O)c2cccc(OCc3c(C)noc3C)c2)cn1. The second-order valence-corrected chi connectivity index (χ2v) is 7.79. The molecule has 2 heterocycles. The van der Waals surface area contributed by atoms with Crippen LogP contribution in [0.25, 0.3) is 0 Å². The zero-order valence-corrected chi connectivity index (χ0v) is 19.9. The average molecular weight is 474 g/mol. The molecule has 0 aliphatic rings. The van der Waals surface area contributed by atoms with Crippen LogP contribution in [-0.4, -0.2) is 22.7 Å². The quantitative estimate of drug-likeness (QED) is 0.330. The fraction of sp³-hybridized carbons (Fsp3) is 0.222. The highest BCUT2D eigenvalue weighted by molar-refractivity contribution is 5.94. The van der Waals surface area contributed by atoms with Gasteiger partial charge in [-0.2, -0.15) is 0 Å². The van der Waals surface area contributed by atoms with Crippen LogP contribution < -0.4 is 19.5 Å². The molecular formula is C27H27N3O5. The zero-order valence-electron chi connectivity index (χ0n) is 19.9. The second-order valence-electron chi connectivity index (χ2n) is 7.79. The smallest absolute Gasteiger partial charge is 0.251 e. The van der Waals surface area contributed by atoms with Crippen molar-refractivity contribution >= 4 is 5.91 Å². The number of carbonyl (C=O) groups is 1. The Labute approximate surface area is 203 Å². The molecule has 0 bridgehead atoms. The summed E-state index contributed by atoms with van der Waals surface area (Å²) in [5, 5.41) is 6.83. The first-order valence-electron chi connectivity index (χ1n) is 11.3. The molecule has 4 rings (SSSR count). The molecule has 2 aromatic carbocycles. The maximum absolute atomic E-state index is 12.7. The van der Waals surface area contributed by atoms with Crippen LogP contribution >= 0.6 is 0 Å². The van der Waals surface area contributed by atoms with E-state index in [1.807, 2.05) is 51.1 Å². The Morgan fingerprint density at radius 3 is 2.54 bits per heavy atom. The Kier molecular flexibility index (Phi) is 7.62. The molecule has 0 fully saturated rings. The van der Waals surface area contributed by atoms with E-state index in [1.54, 1.807) is 36.5 Å². The highest BCUT2D eigenvalue weighted by Gasteiger charge is 2.12. The van der Waals surface area contributed by atoms with Gasteiger partial charge in [-0.3, -0.25) is 4.79 Å². The van der Waals surface area contributed by atoms with Crippen molar-refractivity contribution in [2.24, 2.45) is 0 Å². The van der Waals surface area contributed by atoms with Gasteiger partial charge < -0.3 is 24.1 Å². The molecule has 0 saturated carbocycles. The van der Waals surface area contributed by atoms with Gasteiger partial charge in [0.05, 0.1) is 17.9 Å². The van der Waals surface area contributed by atoms with Crippen LogP contribution in [0.5, 0.6) is 23.1 Å². The van der Waals surface area contributed by atoms with Gasteiger partial charge >= 0.3 is 0 Å². The lowest BCUT2D eigenvalue weighted by atomic mass is 10.2. The predicted molar refractivity (Wildman–Crippen MR) is 130 cm³/mol. The van der Waals surface area contributed by atoms with Gasteiger partial charge in [0.2, 0.25) is 5.88 Å². The van der Waals surface area contributed by atoms with Gasteiger partial charge in [-0.25, -0.2) is 4.98 Å². The summed E-state index contributed by atoms with van der Waals surface area (Å²) in [4.78, 5) is 17.0. The number of rotatable bonds is 10. The third-order valence-corrected chi connectivity index (χ3v) is 5.27. The summed E-state index contributed by atoms with van der Waals surface area (Å²) < 4.78 is 22.4. The van der Waals surface area contributed by atoms with Crippen LogP contribution in [0.1, 0.15) is 39.9 Å². The molecule has 0 aliphatic heterocycles. The monoisotopic (exact) mass is 473 g/mol. The maximum Gasteiger partial charge on any atom is 0.251 e. The highest BCUT2D eigenvalue weighted by atomic mass is 16.5. The summed E-state index contributed by atoms with van der Waals surface area (Å²) in [5.41, 5.74) is 3.04. The normalized spacial score (nSPS) is 10.6. The van der Waals surface area contributed by atoms with E-state index in [1.165, 1.54) is 0 Å². The molecule has 0 unspecified atom stereocenters. The van der Waals surface area contributed by atoms with Crippen molar-refractivity contribution in [3.8, 4) is 23.1 Å². The fourth-order valence-corrected chi connectivity index (χ4v) is 3.37. The summed E-state index contributed by atoms with van der Waals surface area (Å²) in [6.07, 6.45) is 1.67. The molecule has 0 radical (unpaired) electrons. The van der Waals surface area contributed by atoms with Crippen molar-refractivity contribution in [1.29, 1.82) is 0 Å². The summed E-state index contributed by atoms with van der Waals surface area (Å²) in [5.74, 6) is 2.80. The van der Waals surface area contributed by atoms with Crippen molar-refractivity contribution in [2.45, 2.75) is 33.9 Å². The van der Waals surface area contributed by atoms with Crippen LogP contribution in [0.4, 0.5) is 0 Å². The Hall–Kier alpha value is -4.33. The van der Waals surface area contributed by atoms with Gasteiger partial charge in [0.1, 0.15) is 18.1 Å². The van der Waals surface area contributed by atoms with E-state index in [0.717, 1.165) is 22.6 Å². The first kappa shape index (κ1) is 23.8. The lowest BCUT2D eigenvalue weighted by Gasteiger charge is -2.11. The van der Waals surface area contributed by atoms with Gasteiger partial charge in [-0.15, -0.1) is 0 Å². The van der Waals surface area contributed by atoms with Crippen molar-refractivity contribution in [1.82, 2.24) is 15.5 Å². The van der Waals surface area contributed by atoms with E-state index < -0.39 is 0 Å². The Balaban J connectivity index is 1.32. The van der Waals surface area contributed by atoms with Crippen molar-refractivity contribution < 1.29 is 23.5 Å². The van der Waals surface area contributed by atoms with Crippen LogP contribution in [0, 0.1) is 13.8 Å². The fourth-order valence-electron chi connectivity index (χ4n) is 3.37. The van der Waals surface area contributed by atoms with Crippen molar-refractivity contribution in [3.63, 3.8) is 0 Å². The molecule has 8 nitrogen and oxygen atoms in total. The van der Waals surface area contributed by atoms with Crippen molar-refractivity contribution in [3.05, 3.63) is 95.0 Å². The number of aryl methyl sites for hydroxylation is 2. The topological polar surface area (TPSA) is 95.7 Å². The average Bonchev–Trinajstić information content (AvgIpc) is 3.20. The number of benzene rings is 2. The number of nitrogens with one attached hydrogen (secondary N) is 1. The highest BCUT2D eigenvalue weighted by Crippen LogP contribution is 2.30. The third-order valence-electron chi connectivity index (χ3n) is 5.27. The number of amides is 1. The number of pyridine rings is 1. The molecule has 2 aromatic heterocycles. The van der Waals surface area contributed by atoms with Gasteiger partial charge in [-0.05, 0) is 56.7 Å². The van der Waals surface area contributed by atoms with Gasteiger partial charge in [0.15, 0.2) is 11.5 Å². The molecule has 1 N–H and O–H groups in total. The van der Waals surface area contributed by atoms with E-state index in [-0.39, 0.29) is 5.91 Å². The number of hydrogen-bond donors (Lipinski definition) is 1. The minimum atomic E-state index is -0.209. The standard InChI is InChI=1S/C27H27N3O5/c1-4-32-24-10-5-6-11-25(24)34-26-13-12-20(15-28-26)16-29-27(31)21-8-7-9-22(14-21)33-17-23-18(2)30-35-19(23)3/h5-15H,4,16-17H2,1-3H3,(H,29,31). The molecule has 1 amide bonds. The summed E-state index contributed by atoms with van der Waals surface area (Å²) in [6.45, 7) is 6.82. The molecule has 0 atom stereocenters. The number of nitrogens with zero attached hydrogens (tertiary/aromatic N) is 2. The van der Waals surface area contributed by atoms with E-state index in [9.17, 15) is 4.79 Å². The largest absolute Gasteiger partial charge is 0.490 e. The Bertz CT molecular complexity index is 1260. The van der Waals surface area contributed by atoms with Crippen LogP contribution in [0.3, 0.4) is 0 Å². The van der Waals surface area contributed by atoms with Crippen molar-refractivity contribution in [2.75, 3.05) is 6.61 Å². The molecule has 35 heavy (non-hydrogen) atoms. The first-order chi connectivity index (χ1) is 17.0. The molecule has 0 spiro atoms. The summed E-state index contributed by atoms with van der Waals surface area (Å²) >= 11 is 0. The molecule has 8 heteroatoms.